The van der Waals surface area contributed by atoms with E-state index < -0.39 is 0 Å². The van der Waals surface area contributed by atoms with Gasteiger partial charge in [-0.1, -0.05) is 30.3 Å². The van der Waals surface area contributed by atoms with E-state index >= 15 is 0 Å². The van der Waals surface area contributed by atoms with Crippen LogP contribution in [0.5, 0.6) is 0 Å². The number of thiocarbonyl (C=S) groups is 1. The fourth-order valence-electron chi connectivity index (χ4n) is 2.80. The van der Waals surface area contributed by atoms with Gasteiger partial charge < -0.3 is 10.6 Å². The smallest absolute Gasteiger partial charge is 0.170 e. The van der Waals surface area contributed by atoms with Crippen LogP contribution in [-0.4, -0.2) is 11.2 Å². The monoisotopic (exact) mass is 280 g/mol. The van der Waals surface area contributed by atoms with Gasteiger partial charge in [-0.15, -0.1) is 0 Å². The van der Waals surface area contributed by atoms with Gasteiger partial charge in [0.05, 0.1) is 0 Å². The predicted octanol–water partition coefficient (Wildman–Crippen LogP) is 3.71. The minimum Gasteiger partial charge on any atom is -0.360 e. The zero-order chi connectivity index (χ0) is 13.5. The van der Waals surface area contributed by atoms with E-state index in [0.717, 1.165) is 17.2 Å². The summed E-state index contributed by atoms with van der Waals surface area (Å²) >= 11 is 5.33. The molecule has 2 aliphatic rings. The maximum Gasteiger partial charge on any atom is 0.170 e. The van der Waals surface area contributed by atoms with Gasteiger partial charge in [0.1, 0.15) is 0 Å². The van der Waals surface area contributed by atoms with Crippen LogP contribution in [0.25, 0.3) is 11.1 Å². The number of rotatable bonds is 2. The molecular formula is C17H16N2S. The van der Waals surface area contributed by atoms with Gasteiger partial charge in [-0.05, 0) is 65.9 Å². The Morgan fingerprint density at radius 3 is 2.65 bits per heavy atom. The Morgan fingerprint density at radius 1 is 1.00 bits per heavy atom. The van der Waals surface area contributed by atoms with Crippen molar-refractivity contribution in [2.24, 2.45) is 0 Å². The SMILES string of the molecule is S=C(Nc1ccc2c(c1)Cc1ccccc1-2)NC1CC1. The Labute approximate surface area is 124 Å². The zero-order valence-electron chi connectivity index (χ0n) is 11.1. The third-order valence-electron chi connectivity index (χ3n) is 3.96. The predicted molar refractivity (Wildman–Crippen MR) is 87.1 cm³/mol. The van der Waals surface area contributed by atoms with Gasteiger partial charge in [0.2, 0.25) is 0 Å². The van der Waals surface area contributed by atoms with Crippen molar-refractivity contribution in [2.45, 2.75) is 25.3 Å². The van der Waals surface area contributed by atoms with Crippen molar-refractivity contribution in [3.63, 3.8) is 0 Å². The van der Waals surface area contributed by atoms with Crippen LogP contribution in [0.4, 0.5) is 5.69 Å². The molecule has 0 saturated heterocycles. The molecule has 0 radical (unpaired) electrons. The first-order valence-corrected chi connectivity index (χ1v) is 7.49. The van der Waals surface area contributed by atoms with E-state index in [1.165, 1.54) is 35.1 Å². The van der Waals surface area contributed by atoms with Crippen molar-refractivity contribution in [1.82, 2.24) is 5.32 Å². The Kier molecular flexibility index (Phi) is 2.74. The second kappa shape index (κ2) is 4.60. The molecule has 0 spiro atoms. The number of benzene rings is 2. The normalized spacial score (nSPS) is 15.4. The lowest BCUT2D eigenvalue weighted by Crippen LogP contribution is -2.30. The zero-order valence-corrected chi connectivity index (χ0v) is 12.0. The molecule has 0 aromatic heterocycles. The minimum absolute atomic E-state index is 0.591. The molecule has 0 bridgehead atoms. The lowest BCUT2D eigenvalue weighted by Gasteiger charge is -2.11. The van der Waals surface area contributed by atoms with Crippen LogP contribution in [0.15, 0.2) is 42.5 Å². The summed E-state index contributed by atoms with van der Waals surface area (Å²) < 4.78 is 0. The molecule has 1 fully saturated rings. The third-order valence-corrected chi connectivity index (χ3v) is 4.18. The lowest BCUT2D eigenvalue weighted by molar-refractivity contribution is 0.919. The van der Waals surface area contributed by atoms with Gasteiger partial charge in [-0.3, -0.25) is 0 Å². The highest BCUT2D eigenvalue weighted by molar-refractivity contribution is 7.80. The highest BCUT2D eigenvalue weighted by atomic mass is 32.1. The fourth-order valence-corrected chi connectivity index (χ4v) is 3.09. The van der Waals surface area contributed by atoms with Crippen molar-refractivity contribution in [1.29, 1.82) is 0 Å². The summed E-state index contributed by atoms with van der Waals surface area (Å²) in [5.74, 6) is 0. The third kappa shape index (κ3) is 2.18. The molecule has 2 N–H and O–H groups in total. The number of fused-ring (bicyclic) bond motifs is 3. The van der Waals surface area contributed by atoms with Crippen molar-refractivity contribution in [2.75, 3.05) is 5.32 Å². The Hall–Kier alpha value is -1.87. The minimum atomic E-state index is 0.591. The number of nitrogens with one attached hydrogen (secondary N) is 2. The molecule has 100 valence electrons. The van der Waals surface area contributed by atoms with E-state index in [4.69, 9.17) is 12.2 Å². The Balaban J connectivity index is 1.57. The summed E-state index contributed by atoms with van der Waals surface area (Å²) in [5.41, 5.74) is 6.60. The average Bonchev–Trinajstić information content (AvgIpc) is 3.17. The highest BCUT2D eigenvalue weighted by Gasteiger charge is 2.22. The van der Waals surface area contributed by atoms with Gasteiger partial charge in [-0.25, -0.2) is 0 Å². The number of hydrogen-bond acceptors (Lipinski definition) is 1. The summed E-state index contributed by atoms with van der Waals surface area (Å²) in [7, 11) is 0. The molecule has 3 heteroatoms. The molecule has 0 aliphatic heterocycles. The summed E-state index contributed by atoms with van der Waals surface area (Å²) in [6, 6.07) is 15.7. The van der Waals surface area contributed by atoms with E-state index in [2.05, 4.69) is 53.1 Å². The quantitative estimate of drug-likeness (QED) is 0.700. The van der Waals surface area contributed by atoms with E-state index in [9.17, 15) is 0 Å². The van der Waals surface area contributed by atoms with Gasteiger partial charge in [0.25, 0.3) is 0 Å². The first-order valence-electron chi connectivity index (χ1n) is 7.08. The fraction of sp³-hybridized carbons (Fsp3) is 0.235. The van der Waals surface area contributed by atoms with Crippen LogP contribution in [0.3, 0.4) is 0 Å². The van der Waals surface area contributed by atoms with Gasteiger partial charge in [0, 0.05) is 11.7 Å². The molecule has 2 aliphatic carbocycles. The molecule has 4 rings (SSSR count). The molecule has 0 atom stereocenters. The van der Waals surface area contributed by atoms with E-state index in [-0.39, 0.29) is 0 Å². The Bertz CT molecular complexity index is 689. The van der Waals surface area contributed by atoms with Crippen LogP contribution in [-0.2, 0) is 6.42 Å². The first kappa shape index (κ1) is 11.9. The second-order valence-corrected chi connectivity index (χ2v) is 5.99. The van der Waals surface area contributed by atoms with Crippen molar-refractivity contribution in [3.05, 3.63) is 53.6 Å². The highest BCUT2D eigenvalue weighted by Crippen LogP contribution is 2.37. The van der Waals surface area contributed by atoms with Crippen LogP contribution >= 0.6 is 12.2 Å². The molecule has 1 saturated carbocycles. The lowest BCUT2D eigenvalue weighted by atomic mass is 10.1. The van der Waals surface area contributed by atoms with E-state index in [0.29, 0.717) is 6.04 Å². The van der Waals surface area contributed by atoms with Gasteiger partial charge >= 0.3 is 0 Å². The second-order valence-electron chi connectivity index (χ2n) is 5.58. The van der Waals surface area contributed by atoms with Crippen molar-refractivity contribution in [3.8, 4) is 11.1 Å². The van der Waals surface area contributed by atoms with Crippen LogP contribution in [0.2, 0.25) is 0 Å². The standard InChI is InChI=1S/C17H16N2S/c20-17(18-13-5-6-13)19-14-7-8-16-12(10-14)9-11-3-1-2-4-15(11)16/h1-4,7-8,10,13H,5-6,9H2,(H2,18,19,20). The summed E-state index contributed by atoms with van der Waals surface area (Å²) in [5, 5.41) is 7.34. The summed E-state index contributed by atoms with van der Waals surface area (Å²) in [6.07, 6.45) is 3.49. The maximum absolute atomic E-state index is 5.33. The maximum atomic E-state index is 5.33. The van der Waals surface area contributed by atoms with E-state index in [1.54, 1.807) is 0 Å². The largest absolute Gasteiger partial charge is 0.360 e. The molecule has 2 nitrogen and oxygen atoms in total. The molecule has 2 aromatic carbocycles. The molecule has 0 unspecified atom stereocenters. The van der Waals surface area contributed by atoms with Crippen LogP contribution in [0.1, 0.15) is 24.0 Å². The molecular weight excluding hydrogens is 264 g/mol. The number of anilines is 1. The number of hydrogen-bond donors (Lipinski definition) is 2. The summed E-state index contributed by atoms with van der Waals surface area (Å²) in [6.45, 7) is 0. The molecule has 0 heterocycles. The Morgan fingerprint density at radius 2 is 1.80 bits per heavy atom. The topological polar surface area (TPSA) is 24.1 Å². The van der Waals surface area contributed by atoms with Crippen LogP contribution < -0.4 is 10.6 Å². The average molecular weight is 280 g/mol. The molecule has 20 heavy (non-hydrogen) atoms. The van der Waals surface area contributed by atoms with Crippen molar-refractivity contribution < 1.29 is 0 Å². The van der Waals surface area contributed by atoms with Gasteiger partial charge in [0.15, 0.2) is 5.11 Å². The first-order chi connectivity index (χ1) is 9.79. The van der Waals surface area contributed by atoms with Crippen molar-refractivity contribution >= 4 is 23.0 Å². The van der Waals surface area contributed by atoms with Gasteiger partial charge in [-0.2, -0.15) is 0 Å². The van der Waals surface area contributed by atoms with E-state index in [1.807, 2.05) is 0 Å². The summed E-state index contributed by atoms with van der Waals surface area (Å²) in [4.78, 5) is 0. The molecule has 0 amide bonds. The molecule has 2 aromatic rings. The van der Waals surface area contributed by atoms with Crippen LogP contribution in [0, 0.1) is 0 Å².